The van der Waals surface area contributed by atoms with Crippen LogP contribution in [-0.4, -0.2) is 4.57 Å². The second-order valence-corrected chi connectivity index (χ2v) is 5.57. The van der Waals surface area contributed by atoms with E-state index in [1.807, 2.05) is 25.2 Å². The van der Waals surface area contributed by atoms with Gasteiger partial charge in [0.25, 0.3) is 5.56 Å². The second-order valence-electron chi connectivity index (χ2n) is 5.57. The highest BCUT2D eigenvalue weighted by molar-refractivity contribution is 5.93. The zero-order chi connectivity index (χ0) is 13.9. The van der Waals surface area contributed by atoms with E-state index in [0.29, 0.717) is 0 Å². The van der Waals surface area contributed by atoms with E-state index in [-0.39, 0.29) is 5.56 Å². The average molecular weight is 261 g/mol. The van der Waals surface area contributed by atoms with E-state index >= 15 is 0 Å². The van der Waals surface area contributed by atoms with Crippen molar-refractivity contribution in [3.05, 3.63) is 69.5 Å². The molecule has 1 aliphatic rings. The molecule has 0 bridgehead atoms. The van der Waals surface area contributed by atoms with Gasteiger partial charge in [0.05, 0.1) is 5.69 Å². The third-order valence-electron chi connectivity index (χ3n) is 4.30. The third kappa shape index (κ3) is 1.36. The molecule has 0 N–H and O–H groups in total. The van der Waals surface area contributed by atoms with Gasteiger partial charge in [-0.3, -0.25) is 4.79 Å². The largest absolute Gasteiger partial charge is 0.310 e. The molecule has 0 amide bonds. The Labute approximate surface area is 117 Å². The second kappa shape index (κ2) is 3.83. The van der Waals surface area contributed by atoms with Gasteiger partial charge < -0.3 is 4.57 Å². The molecule has 0 spiro atoms. The molecular formula is C18H15NO. The normalized spacial score (nSPS) is 12.5. The summed E-state index contributed by atoms with van der Waals surface area (Å²) in [7, 11) is 1.88. The molecule has 0 saturated heterocycles. The Kier molecular flexibility index (Phi) is 2.19. The van der Waals surface area contributed by atoms with Crippen LogP contribution in [0.2, 0.25) is 0 Å². The minimum atomic E-state index is 0.0930. The first-order valence-corrected chi connectivity index (χ1v) is 6.87. The van der Waals surface area contributed by atoms with E-state index in [9.17, 15) is 4.79 Å². The van der Waals surface area contributed by atoms with Crippen LogP contribution in [0.4, 0.5) is 0 Å². The number of hydrogen-bond acceptors (Lipinski definition) is 1. The summed E-state index contributed by atoms with van der Waals surface area (Å²) in [6.45, 7) is 2.07. The van der Waals surface area contributed by atoms with Crippen molar-refractivity contribution in [3.63, 3.8) is 0 Å². The standard InChI is InChI=1S/C18H15NO/c1-11-7-8-14-15(9-11)16-10-12-5-3-4-6-13(12)17(16)19(2)18(14)20/h3-9H,10H2,1-2H3. The monoisotopic (exact) mass is 261 g/mol. The summed E-state index contributed by atoms with van der Waals surface area (Å²) < 4.78 is 1.80. The molecule has 0 radical (unpaired) electrons. The predicted molar refractivity (Wildman–Crippen MR) is 82.2 cm³/mol. The van der Waals surface area contributed by atoms with E-state index in [2.05, 4.69) is 31.2 Å². The number of aryl methyl sites for hydroxylation is 1. The molecule has 1 heterocycles. The molecule has 2 aromatic carbocycles. The summed E-state index contributed by atoms with van der Waals surface area (Å²) in [6.07, 6.45) is 0.916. The predicted octanol–water partition coefficient (Wildman–Crippen LogP) is 3.42. The Morgan fingerprint density at radius 2 is 1.85 bits per heavy atom. The van der Waals surface area contributed by atoms with Gasteiger partial charge in [-0.15, -0.1) is 0 Å². The molecule has 2 heteroatoms. The van der Waals surface area contributed by atoms with Crippen molar-refractivity contribution in [1.29, 1.82) is 0 Å². The highest BCUT2D eigenvalue weighted by Crippen LogP contribution is 2.38. The zero-order valence-corrected chi connectivity index (χ0v) is 11.6. The van der Waals surface area contributed by atoms with Crippen molar-refractivity contribution in [2.75, 3.05) is 0 Å². The van der Waals surface area contributed by atoms with Crippen molar-refractivity contribution in [2.24, 2.45) is 7.05 Å². The molecule has 2 nitrogen and oxygen atoms in total. The lowest BCUT2D eigenvalue weighted by Gasteiger charge is -2.12. The first-order chi connectivity index (χ1) is 9.66. The number of nitrogens with zero attached hydrogens (tertiary/aromatic N) is 1. The molecule has 0 saturated carbocycles. The molecule has 0 unspecified atom stereocenters. The fraction of sp³-hybridized carbons (Fsp3) is 0.167. The maximum atomic E-state index is 12.6. The summed E-state index contributed by atoms with van der Waals surface area (Å²) in [6, 6.07) is 14.5. The average Bonchev–Trinajstić information content (AvgIpc) is 2.84. The van der Waals surface area contributed by atoms with Gasteiger partial charge in [-0.2, -0.15) is 0 Å². The number of hydrogen-bond donors (Lipinski definition) is 0. The van der Waals surface area contributed by atoms with Crippen LogP contribution in [0, 0.1) is 6.92 Å². The van der Waals surface area contributed by atoms with Crippen molar-refractivity contribution >= 4 is 10.8 Å². The Bertz CT molecular complexity index is 919. The van der Waals surface area contributed by atoms with Crippen LogP contribution in [0.3, 0.4) is 0 Å². The molecule has 1 aromatic heterocycles. The molecule has 1 aliphatic carbocycles. The maximum Gasteiger partial charge on any atom is 0.258 e. The number of fused-ring (bicyclic) bond motifs is 5. The lowest BCUT2D eigenvalue weighted by atomic mass is 10.0. The van der Waals surface area contributed by atoms with Crippen LogP contribution in [0.25, 0.3) is 22.0 Å². The van der Waals surface area contributed by atoms with Gasteiger partial charge in [0.1, 0.15) is 0 Å². The lowest BCUT2D eigenvalue weighted by molar-refractivity contribution is 0.880. The molecule has 0 atom stereocenters. The fourth-order valence-corrected chi connectivity index (χ4v) is 3.32. The number of aromatic nitrogens is 1. The molecular weight excluding hydrogens is 246 g/mol. The van der Waals surface area contributed by atoms with Gasteiger partial charge in [-0.05, 0) is 29.5 Å². The van der Waals surface area contributed by atoms with Crippen LogP contribution in [0.5, 0.6) is 0 Å². The first kappa shape index (κ1) is 11.5. The van der Waals surface area contributed by atoms with Crippen molar-refractivity contribution in [3.8, 4) is 11.3 Å². The summed E-state index contributed by atoms with van der Waals surface area (Å²) in [5, 5.41) is 1.93. The van der Waals surface area contributed by atoms with Gasteiger partial charge in [-0.1, -0.05) is 42.0 Å². The van der Waals surface area contributed by atoms with E-state index in [1.54, 1.807) is 4.57 Å². The van der Waals surface area contributed by atoms with E-state index < -0.39 is 0 Å². The lowest BCUT2D eigenvalue weighted by Crippen LogP contribution is -2.19. The molecule has 0 fully saturated rings. The van der Waals surface area contributed by atoms with Gasteiger partial charge >= 0.3 is 0 Å². The topological polar surface area (TPSA) is 22.0 Å². The van der Waals surface area contributed by atoms with Crippen LogP contribution < -0.4 is 5.56 Å². The molecule has 20 heavy (non-hydrogen) atoms. The van der Waals surface area contributed by atoms with Gasteiger partial charge in [0.15, 0.2) is 0 Å². The smallest absolute Gasteiger partial charge is 0.258 e. The molecule has 98 valence electrons. The minimum absolute atomic E-state index is 0.0930. The van der Waals surface area contributed by atoms with Crippen LogP contribution in [0.1, 0.15) is 16.7 Å². The number of rotatable bonds is 0. The summed E-state index contributed by atoms with van der Waals surface area (Å²) >= 11 is 0. The first-order valence-electron chi connectivity index (χ1n) is 6.87. The van der Waals surface area contributed by atoms with Gasteiger partial charge in [0, 0.05) is 24.4 Å². The summed E-state index contributed by atoms with van der Waals surface area (Å²) in [5.74, 6) is 0. The maximum absolute atomic E-state index is 12.6. The molecule has 0 aliphatic heterocycles. The van der Waals surface area contributed by atoms with Crippen LogP contribution in [0.15, 0.2) is 47.3 Å². The summed E-state index contributed by atoms with van der Waals surface area (Å²) in [5.41, 5.74) is 6.17. The Balaban J connectivity index is 2.22. The van der Waals surface area contributed by atoms with Crippen molar-refractivity contribution in [1.82, 2.24) is 4.57 Å². The van der Waals surface area contributed by atoms with Gasteiger partial charge in [-0.25, -0.2) is 0 Å². The summed E-state index contributed by atoms with van der Waals surface area (Å²) in [4.78, 5) is 12.6. The van der Waals surface area contributed by atoms with Crippen LogP contribution in [-0.2, 0) is 13.5 Å². The Morgan fingerprint density at radius 3 is 2.70 bits per heavy atom. The SMILES string of the molecule is Cc1ccc2c(=O)n(C)c3c(c2c1)Cc1ccccc1-3. The Morgan fingerprint density at radius 1 is 1.05 bits per heavy atom. The zero-order valence-electron chi connectivity index (χ0n) is 11.6. The molecule has 3 aromatic rings. The van der Waals surface area contributed by atoms with E-state index in [4.69, 9.17) is 0 Å². The number of pyridine rings is 1. The fourth-order valence-electron chi connectivity index (χ4n) is 3.32. The Hall–Kier alpha value is -2.35. The van der Waals surface area contributed by atoms with Crippen molar-refractivity contribution < 1.29 is 0 Å². The van der Waals surface area contributed by atoms with Gasteiger partial charge in [0.2, 0.25) is 0 Å². The minimum Gasteiger partial charge on any atom is -0.310 e. The van der Waals surface area contributed by atoms with Crippen molar-refractivity contribution in [2.45, 2.75) is 13.3 Å². The highest BCUT2D eigenvalue weighted by atomic mass is 16.1. The van der Waals surface area contributed by atoms with E-state index in [1.165, 1.54) is 22.3 Å². The molecule has 4 rings (SSSR count). The number of benzene rings is 2. The quantitative estimate of drug-likeness (QED) is 0.475. The van der Waals surface area contributed by atoms with Crippen LogP contribution >= 0.6 is 0 Å². The van der Waals surface area contributed by atoms with E-state index in [0.717, 1.165) is 22.9 Å². The third-order valence-corrected chi connectivity index (χ3v) is 4.30. The highest BCUT2D eigenvalue weighted by Gasteiger charge is 2.24.